The molecule has 0 saturated heterocycles. The molecule has 0 N–H and O–H groups in total. The van der Waals surface area contributed by atoms with Crippen LogP contribution in [0, 0.1) is 5.92 Å². The third-order valence-corrected chi connectivity index (χ3v) is 4.53. The first-order valence-electron chi connectivity index (χ1n) is 7.38. The van der Waals surface area contributed by atoms with Crippen LogP contribution in [0.2, 0.25) is 0 Å². The largest absolute Gasteiger partial charge is 0.0619 e. The van der Waals surface area contributed by atoms with Crippen molar-refractivity contribution in [2.75, 3.05) is 0 Å². The molecule has 1 aliphatic rings. The van der Waals surface area contributed by atoms with Crippen LogP contribution < -0.4 is 0 Å². The summed E-state index contributed by atoms with van der Waals surface area (Å²) < 4.78 is 0. The van der Waals surface area contributed by atoms with Crippen LogP contribution in [0.1, 0.15) is 30.9 Å². The lowest BCUT2D eigenvalue weighted by molar-refractivity contribution is 0.573. The molecule has 1 unspecified atom stereocenters. The first-order valence-corrected chi connectivity index (χ1v) is 7.38. The number of rotatable bonds is 1. The molecular formula is C20H18. The Morgan fingerprint density at radius 1 is 0.750 bits per heavy atom. The summed E-state index contributed by atoms with van der Waals surface area (Å²) in [5.41, 5.74) is 5.88. The second-order valence-electron chi connectivity index (χ2n) is 6.06. The van der Waals surface area contributed by atoms with E-state index in [2.05, 4.69) is 74.5 Å². The van der Waals surface area contributed by atoms with Crippen molar-refractivity contribution in [2.24, 2.45) is 5.92 Å². The van der Waals surface area contributed by atoms with Gasteiger partial charge in [-0.25, -0.2) is 0 Å². The number of fused-ring (bicyclic) bond motifs is 5. The first kappa shape index (κ1) is 11.7. The number of hydrogen-bond donors (Lipinski definition) is 0. The molecule has 0 aromatic heterocycles. The third-order valence-electron chi connectivity index (χ3n) is 4.53. The van der Waals surface area contributed by atoms with Gasteiger partial charge in [-0.05, 0) is 38.9 Å². The van der Waals surface area contributed by atoms with Crippen LogP contribution in [0.3, 0.4) is 0 Å². The van der Waals surface area contributed by atoms with Crippen LogP contribution in [-0.4, -0.2) is 0 Å². The second-order valence-corrected chi connectivity index (χ2v) is 6.06. The maximum atomic E-state index is 2.34. The van der Waals surface area contributed by atoms with Gasteiger partial charge in [0.15, 0.2) is 0 Å². The average Bonchev–Trinajstić information content (AvgIpc) is 2.82. The summed E-state index contributed by atoms with van der Waals surface area (Å²) in [5, 5.41) is 2.73. The van der Waals surface area contributed by atoms with Crippen LogP contribution in [0.5, 0.6) is 0 Å². The lowest BCUT2D eigenvalue weighted by Gasteiger charge is -2.17. The molecule has 0 spiro atoms. The van der Waals surface area contributed by atoms with Crippen molar-refractivity contribution in [3.63, 3.8) is 0 Å². The molecule has 98 valence electrons. The average molecular weight is 258 g/mol. The Morgan fingerprint density at radius 3 is 2.35 bits per heavy atom. The van der Waals surface area contributed by atoms with Gasteiger partial charge in [0.25, 0.3) is 0 Å². The summed E-state index contributed by atoms with van der Waals surface area (Å²) in [6.07, 6.45) is 0. The smallest absolute Gasteiger partial charge is 0.0125 e. The molecule has 20 heavy (non-hydrogen) atoms. The minimum absolute atomic E-state index is 0.533. The fraction of sp³-hybridized carbons (Fsp3) is 0.200. The van der Waals surface area contributed by atoms with Gasteiger partial charge in [-0.1, -0.05) is 74.5 Å². The molecule has 4 rings (SSSR count). The predicted molar refractivity (Wildman–Crippen MR) is 86.1 cm³/mol. The standard InChI is InChI=1S/C20H18/c1-13(2)19-16-9-5-6-10-17(16)20-15-8-4-3-7-14(15)11-12-18(19)20/h3-13,19H,1-2H3. The van der Waals surface area contributed by atoms with Gasteiger partial charge in [-0.2, -0.15) is 0 Å². The zero-order valence-corrected chi connectivity index (χ0v) is 11.9. The highest BCUT2D eigenvalue weighted by Crippen LogP contribution is 2.50. The van der Waals surface area contributed by atoms with Crippen LogP contribution in [0.15, 0.2) is 60.7 Å². The van der Waals surface area contributed by atoms with E-state index in [1.54, 1.807) is 0 Å². The molecular weight excluding hydrogens is 240 g/mol. The zero-order chi connectivity index (χ0) is 13.7. The van der Waals surface area contributed by atoms with E-state index < -0.39 is 0 Å². The van der Waals surface area contributed by atoms with Gasteiger partial charge < -0.3 is 0 Å². The molecule has 0 nitrogen and oxygen atoms in total. The van der Waals surface area contributed by atoms with Gasteiger partial charge in [0, 0.05) is 5.92 Å². The van der Waals surface area contributed by atoms with Gasteiger partial charge in [0.1, 0.15) is 0 Å². The molecule has 0 radical (unpaired) electrons. The molecule has 3 aromatic rings. The SMILES string of the molecule is CC(C)C1c2ccccc2-c2c1ccc1ccccc21. The second kappa shape index (κ2) is 4.21. The molecule has 0 heterocycles. The molecule has 3 aromatic carbocycles. The predicted octanol–water partition coefficient (Wildman–Crippen LogP) is 5.61. The minimum atomic E-state index is 0.533. The van der Waals surface area contributed by atoms with E-state index >= 15 is 0 Å². The van der Waals surface area contributed by atoms with E-state index in [1.807, 2.05) is 0 Å². The van der Waals surface area contributed by atoms with Crippen molar-refractivity contribution in [1.29, 1.82) is 0 Å². The molecule has 0 amide bonds. The Bertz CT molecular complexity index is 796. The zero-order valence-electron chi connectivity index (χ0n) is 11.9. The molecule has 1 atom stereocenters. The highest BCUT2D eigenvalue weighted by atomic mass is 14.3. The van der Waals surface area contributed by atoms with Crippen LogP contribution >= 0.6 is 0 Å². The van der Waals surface area contributed by atoms with Gasteiger partial charge in [-0.15, -0.1) is 0 Å². The molecule has 0 saturated carbocycles. The Morgan fingerprint density at radius 2 is 1.50 bits per heavy atom. The van der Waals surface area contributed by atoms with Crippen LogP contribution in [0.25, 0.3) is 21.9 Å². The normalized spacial score (nSPS) is 16.4. The molecule has 0 heteroatoms. The Kier molecular flexibility index (Phi) is 2.47. The summed E-state index contributed by atoms with van der Waals surface area (Å²) in [4.78, 5) is 0. The third kappa shape index (κ3) is 1.48. The van der Waals surface area contributed by atoms with E-state index in [0.717, 1.165) is 0 Å². The monoisotopic (exact) mass is 258 g/mol. The maximum Gasteiger partial charge on any atom is 0.0125 e. The maximum absolute atomic E-state index is 2.34. The van der Waals surface area contributed by atoms with Crippen molar-refractivity contribution < 1.29 is 0 Å². The van der Waals surface area contributed by atoms with Gasteiger partial charge in [-0.3, -0.25) is 0 Å². The van der Waals surface area contributed by atoms with Crippen molar-refractivity contribution in [3.05, 3.63) is 71.8 Å². The van der Waals surface area contributed by atoms with Gasteiger partial charge >= 0.3 is 0 Å². The Hall–Kier alpha value is -2.08. The van der Waals surface area contributed by atoms with E-state index in [4.69, 9.17) is 0 Å². The molecule has 0 fully saturated rings. The summed E-state index contributed by atoms with van der Waals surface area (Å²) in [7, 11) is 0. The minimum Gasteiger partial charge on any atom is -0.0619 e. The van der Waals surface area contributed by atoms with Crippen LogP contribution in [-0.2, 0) is 0 Å². The van der Waals surface area contributed by atoms with Crippen molar-refractivity contribution in [3.8, 4) is 11.1 Å². The molecule has 0 bridgehead atoms. The Balaban J connectivity index is 2.14. The van der Waals surface area contributed by atoms with Crippen LogP contribution in [0.4, 0.5) is 0 Å². The summed E-state index contributed by atoms with van der Waals surface area (Å²) in [5.74, 6) is 1.16. The first-order chi connectivity index (χ1) is 9.77. The number of hydrogen-bond acceptors (Lipinski definition) is 0. The van der Waals surface area contributed by atoms with Crippen molar-refractivity contribution in [1.82, 2.24) is 0 Å². The lowest BCUT2D eigenvalue weighted by atomic mass is 9.86. The fourth-order valence-corrected chi connectivity index (χ4v) is 3.73. The number of benzene rings is 3. The Labute approximate surface area is 120 Å². The van der Waals surface area contributed by atoms with Gasteiger partial charge in [0.2, 0.25) is 0 Å². The lowest BCUT2D eigenvalue weighted by Crippen LogP contribution is -2.04. The van der Waals surface area contributed by atoms with Crippen molar-refractivity contribution >= 4 is 10.8 Å². The fourth-order valence-electron chi connectivity index (χ4n) is 3.73. The summed E-state index contributed by atoms with van der Waals surface area (Å²) in [6, 6.07) is 22.3. The quantitative estimate of drug-likeness (QED) is 0.532. The molecule has 1 aliphatic carbocycles. The van der Waals surface area contributed by atoms with E-state index in [0.29, 0.717) is 11.8 Å². The van der Waals surface area contributed by atoms with Gasteiger partial charge in [0.05, 0.1) is 0 Å². The molecule has 0 aliphatic heterocycles. The van der Waals surface area contributed by atoms with E-state index in [-0.39, 0.29) is 0 Å². The summed E-state index contributed by atoms with van der Waals surface area (Å²) in [6.45, 7) is 4.65. The van der Waals surface area contributed by atoms with E-state index in [1.165, 1.54) is 33.0 Å². The van der Waals surface area contributed by atoms with Crippen molar-refractivity contribution in [2.45, 2.75) is 19.8 Å². The highest BCUT2D eigenvalue weighted by Gasteiger charge is 2.31. The highest BCUT2D eigenvalue weighted by molar-refractivity contribution is 6.01. The topological polar surface area (TPSA) is 0 Å². The summed E-state index contributed by atoms with van der Waals surface area (Å²) >= 11 is 0. The van der Waals surface area contributed by atoms with E-state index in [9.17, 15) is 0 Å².